The number of halogens is 1. The Labute approximate surface area is 97.1 Å². The molecule has 0 radical (unpaired) electrons. The number of hydrogen-bond donors (Lipinski definition) is 1. The minimum atomic E-state index is -1.01. The molecule has 0 unspecified atom stereocenters. The van der Waals surface area contributed by atoms with E-state index in [1.807, 2.05) is 0 Å². The van der Waals surface area contributed by atoms with Crippen molar-refractivity contribution >= 4 is 11.0 Å². The van der Waals surface area contributed by atoms with E-state index in [0.29, 0.717) is 11.0 Å². The van der Waals surface area contributed by atoms with Gasteiger partial charge >= 0.3 is 0 Å². The summed E-state index contributed by atoms with van der Waals surface area (Å²) in [6.07, 6.45) is 0. The first-order chi connectivity index (χ1) is 7.92. The molecule has 2 aromatic rings. The first-order valence-electron chi connectivity index (χ1n) is 5.06. The number of hydrogen-bond acceptors (Lipinski definition) is 4. The molecule has 1 aromatic carbocycles. The van der Waals surface area contributed by atoms with Crippen LogP contribution in [-0.4, -0.2) is 25.7 Å². The van der Waals surface area contributed by atoms with Crippen LogP contribution in [0.5, 0.6) is 0 Å². The predicted octanol–water partition coefficient (Wildman–Crippen LogP) is 1.21. The molecule has 0 saturated carbocycles. The van der Waals surface area contributed by atoms with Gasteiger partial charge in [-0.2, -0.15) is 5.26 Å². The van der Waals surface area contributed by atoms with E-state index < -0.39 is 11.4 Å². The quantitative estimate of drug-likeness (QED) is 0.847. The van der Waals surface area contributed by atoms with Crippen molar-refractivity contribution in [2.75, 3.05) is 0 Å². The Morgan fingerprint density at radius 3 is 2.82 bits per heavy atom. The highest BCUT2D eigenvalue weighted by molar-refractivity contribution is 5.81. The number of rotatable bonds is 2. The summed E-state index contributed by atoms with van der Waals surface area (Å²) in [7, 11) is 0. The van der Waals surface area contributed by atoms with Crippen LogP contribution in [0.25, 0.3) is 11.0 Å². The lowest BCUT2D eigenvalue weighted by molar-refractivity contribution is 0.0585. The summed E-state index contributed by atoms with van der Waals surface area (Å²) in [4.78, 5) is 0. The monoisotopic (exact) mass is 234 g/mol. The van der Waals surface area contributed by atoms with Crippen molar-refractivity contribution in [1.29, 1.82) is 5.26 Å². The summed E-state index contributed by atoms with van der Waals surface area (Å²) >= 11 is 0. The molecule has 17 heavy (non-hydrogen) atoms. The Bertz CT molecular complexity index is 606. The number of aromatic nitrogens is 3. The zero-order valence-electron chi connectivity index (χ0n) is 9.48. The lowest BCUT2D eigenvalue weighted by Gasteiger charge is -2.16. The molecule has 5 nitrogen and oxygen atoms in total. The largest absolute Gasteiger partial charge is 0.389 e. The van der Waals surface area contributed by atoms with Crippen LogP contribution in [-0.2, 0) is 6.54 Å². The van der Waals surface area contributed by atoms with Crippen LogP contribution in [0.3, 0.4) is 0 Å². The maximum Gasteiger partial charge on any atom is 0.143 e. The van der Waals surface area contributed by atoms with Crippen molar-refractivity contribution in [2.24, 2.45) is 0 Å². The van der Waals surface area contributed by atoms with Crippen LogP contribution in [0.15, 0.2) is 12.1 Å². The van der Waals surface area contributed by atoms with E-state index in [2.05, 4.69) is 10.3 Å². The van der Waals surface area contributed by atoms with Gasteiger partial charge in [0, 0.05) is 0 Å². The molecule has 2 rings (SSSR count). The van der Waals surface area contributed by atoms with Crippen molar-refractivity contribution in [3.63, 3.8) is 0 Å². The molecule has 0 bridgehead atoms. The van der Waals surface area contributed by atoms with Gasteiger partial charge < -0.3 is 5.11 Å². The summed E-state index contributed by atoms with van der Waals surface area (Å²) in [6, 6.07) is 4.44. The normalized spacial score (nSPS) is 11.7. The topological polar surface area (TPSA) is 74.7 Å². The Morgan fingerprint density at radius 1 is 1.53 bits per heavy atom. The van der Waals surface area contributed by atoms with E-state index in [0.717, 1.165) is 0 Å². The van der Waals surface area contributed by atoms with Gasteiger partial charge in [-0.25, -0.2) is 9.07 Å². The summed E-state index contributed by atoms with van der Waals surface area (Å²) < 4.78 is 14.8. The molecule has 0 amide bonds. The Morgan fingerprint density at radius 2 is 2.24 bits per heavy atom. The zero-order chi connectivity index (χ0) is 12.6. The van der Waals surface area contributed by atoms with E-state index in [1.54, 1.807) is 19.9 Å². The van der Waals surface area contributed by atoms with Crippen molar-refractivity contribution in [2.45, 2.75) is 26.0 Å². The third-order valence-corrected chi connectivity index (χ3v) is 2.27. The van der Waals surface area contributed by atoms with Gasteiger partial charge in [-0.15, -0.1) is 5.10 Å². The third-order valence-electron chi connectivity index (χ3n) is 2.27. The average molecular weight is 234 g/mol. The molecule has 0 saturated heterocycles. The highest BCUT2D eigenvalue weighted by atomic mass is 19.1. The van der Waals surface area contributed by atoms with Gasteiger partial charge in [0.15, 0.2) is 0 Å². The molecule has 1 heterocycles. The molecular weight excluding hydrogens is 223 g/mol. The van der Waals surface area contributed by atoms with E-state index >= 15 is 0 Å². The molecular formula is C11H11FN4O. The van der Waals surface area contributed by atoms with Crippen LogP contribution >= 0.6 is 0 Å². The van der Waals surface area contributed by atoms with Gasteiger partial charge in [-0.3, -0.25) is 0 Å². The maximum atomic E-state index is 13.5. The van der Waals surface area contributed by atoms with Crippen LogP contribution in [0.2, 0.25) is 0 Å². The first-order valence-corrected chi connectivity index (χ1v) is 5.06. The fourth-order valence-electron chi connectivity index (χ4n) is 1.63. The Kier molecular flexibility index (Phi) is 2.56. The van der Waals surface area contributed by atoms with Crippen LogP contribution < -0.4 is 0 Å². The lowest BCUT2D eigenvalue weighted by Crippen LogP contribution is -2.26. The zero-order valence-corrected chi connectivity index (χ0v) is 9.48. The molecule has 88 valence electrons. The molecule has 0 fully saturated rings. The first kappa shape index (κ1) is 11.5. The van der Waals surface area contributed by atoms with E-state index in [1.165, 1.54) is 16.8 Å². The summed E-state index contributed by atoms with van der Waals surface area (Å²) in [5.41, 5.74) is -0.363. The smallest absolute Gasteiger partial charge is 0.143 e. The number of fused-ring (bicyclic) bond motifs is 1. The van der Waals surface area contributed by atoms with Gasteiger partial charge in [0.1, 0.15) is 28.5 Å². The molecule has 0 aliphatic rings. The molecule has 0 spiro atoms. The summed E-state index contributed by atoms with van der Waals surface area (Å²) in [5, 5.41) is 26.3. The van der Waals surface area contributed by atoms with E-state index in [-0.39, 0.29) is 12.1 Å². The van der Waals surface area contributed by atoms with Gasteiger partial charge in [0.05, 0.1) is 12.1 Å². The third kappa shape index (κ3) is 2.10. The highest BCUT2D eigenvalue weighted by Crippen LogP contribution is 2.20. The fraction of sp³-hybridized carbons (Fsp3) is 0.364. The van der Waals surface area contributed by atoms with Crippen molar-refractivity contribution in [3.05, 3.63) is 23.5 Å². The van der Waals surface area contributed by atoms with Gasteiger partial charge in [-0.1, -0.05) is 5.21 Å². The average Bonchev–Trinajstić information content (AvgIpc) is 2.59. The second-order valence-corrected chi connectivity index (χ2v) is 4.46. The summed E-state index contributed by atoms with van der Waals surface area (Å²) in [6.45, 7) is 3.35. The SMILES string of the molecule is CC(C)(O)Cn1nnc2ccc(F)c(C#N)c21. The van der Waals surface area contributed by atoms with Gasteiger partial charge in [-0.05, 0) is 26.0 Å². The van der Waals surface area contributed by atoms with Crippen molar-refractivity contribution < 1.29 is 9.50 Å². The van der Waals surface area contributed by atoms with Crippen LogP contribution in [0.4, 0.5) is 4.39 Å². The minimum absolute atomic E-state index is 0.100. The summed E-state index contributed by atoms with van der Waals surface area (Å²) in [5.74, 6) is -0.612. The van der Waals surface area contributed by atoms with Crippen LogP contribution in [0, 0.1) is 17.1 Å². The Hall–Kier alpha value is -2.00. The molecule has 1 N–H and O–H groups in total. The van der Waals surface area contributed by atoms with E-state index in [4.69, 9.17) is 5.26 Å². The highest BCUT2D eigenvalue weighted by Gasteiger charge is 2.19. The lowest BCUT2D eigenvalue weighted by atomic mass is 10.1. The second kappa shape index (κ2) is 3.79. The van der Waals surface area contributed by atoms with Gasteiger partial charge in [0.2, 0.25) is 0 Å². The van der Waals surface area contributed by atoms with E-state index in [9.17, 15) is 9.50 Å². The molecule has 1 aromatic heterocycles. The number of benzene rings is 1. The van der Waals surface area contributed by atoms with Crippen molar-refractivity contribution in [1.82, 2.24) is 15.0 Å². The molecule has 6 heteroatoms. The molecule has 0 aliphatic heterocycles. The molecule has 0 atom stereocenters. The Balaban J connectivity index is 2.67. The number of nitriles is 1. The number of aliphatic hydroxyl groups is 1. The minimum Gasteiger partial charge on any atom is -0.389 e. The number of nitrogens with zero attached hydrogens (tertiary/aromatic N) is 4. The maximum absolute atomic E-state index is 13.5. The van der Waals surface area contributed by atoms with Crippen LogP contribution in [0.1, 0.15) is 19.4 Å². The van der Waals surface area contributed by atoms with Crippen molar-refractivity contribution in [3.8, 4) is 6.07 Å². The van der Waals surface area contributed by atoms with Gasteiger partial charge in [0.25, 0.3) is 0 Å². The second-order valence-electron chi connectivity index (χ2n) is 4.46. The predicted molar refractivity (Wildman–Crippen MR) is 58.5 cm³/mol. The molecule has 0 aliphatic carbocycles. The standard InChI is InChI=1S/C11H11FN4O/c1-11(2,17)6-16-10-7(5-13)8(12)3-4-9(10)14-15-16/h3-4,17H,6H2,1-2H3. The fourth-order valence-corrected chi connectivity index (χ4v) is 1.63.